The fourth-order valence-electron chi connectivity index (χ4n) is 2.21. The average Bonchev–Trinajstić information content (AvgIpc) is 2.97. The van der Waals surface area contributed by atoms with Crippen LogP contribution in [0.1, 0.15) is 10.4 Å². The topological polar surface area (TPSA) is 71.2 Å². The van der Waals surface area contributed by atoms with Gasteiger partial charge in [-0.3, -0.25) is 4.79 Å². The standard InChI is InChI=1S/C17H13ClN2O3/c18-11-4-3-5-12(8-11)20-16(21)10-23-17(22)14-9-19-15-7-2-1-6-13(14)15/h1-9,19H,10H2,(H,20,21). The van der Waals surface area contributed by atoms with Crippen LogP contribution < -0.4 is 5.32 Å². The molecule has 3 rings (SSSR count). The molecule has 0 radical (unpaired) electrons. The van der Waals surface area contributed by atoms with E-state index in [0.29, 0.717) is 16.3 Å². The first-order valence-electron chi connectivity index (χ1n) is 6.92. The lowest BCUT2D eigenvalue weighted by Gasteiger charge is -2.06. The highest BCUT2D eigenvalue weighted by molar-refractivity contribution is 6.30. The van der Waals surface area contributed by atoms with Crippen molar-refractivity contribution in [2.45, 2.75) is 0 Å². The van der Waals surface area contributed by atoms with Gasteiger partial charge in [-0.2, -0.15) is 0 Å². The third kappa shape index (κ3) is 3.52. The Bertz CT molecular complexity index is 873. The van der Waals surface area contributed by atoms with Crippen molar-refractivity contribution in [3.8, 4) is 0 Å². The number of amides is 1. The van der Waals surface area contributed by atoms with Crippen molar-refractivity contribution >= 4 is 40.1 Å². The van der Waals surface area contributed by atoms with Gasteiger partial charge in [0.15, 0.2) is 6.61 Å². The summed E-state index contributed by atoms with van der Waals surface area (Å²) in [6.07, 6.45) is 1.57. The fourth-order valence-corrected chi connectivity index (χ4v) is 2.40. The maximum absolute atomic E-state index is 12.1. The smallest absolute Gasteiger partial charge is 0.340 e. The van der Waals surface area contributed by atoms with E-state index in [-0.39, 0.29) is 6.61 Å². The minimum Gasteiger partial charge on any atom is -0.452 e. The summed E-state index contributed by atoms with van der Waals surface area (Å²) < 4.78 is 5.05. The molecule has 1 aromatic heterocycles. The molecule has 0 spiro atoms. The largest absolute Gasteiger partial charge is 0.452 e. The Morgan fingerprint density at radius 3 is 2.78 bits per heavy atom. The summed E-state index contributed by atoms with van der Waals surface area (Å²) in [4.78, 5) is 26.9. The molecule has 0 aliphatic rings. The van der Waals surface area contributed by atoms with E-state index in [9.17, 15) is 9.59 Å². The third-order valence-corrected chi connectivity index (χ3v) is 3.49. The van der Waals surface area contributed by atoms with Crippen LogP contribution in [0.25, 0.3) is 10.9 Å². The number of aromatic amines is 1. The van der Waals surface area contributed by atoms with E-state index in [1.165, 1.54) is 0 Å². The van der Waals surface area contributed by atoms with Crippen molar-refractivity contribution in [1.82, 2.24) is 4.98 Å². The number of esters is 1. The van der Waals surface area contributed by atoms with Gasteiger partial charge in [0.1, 0.15) is 0 Å². The van der Waals surface area contributed by atoms with Crippen LogP contribution in [0.3, 0.4) is 0 Å². The Morgan fingerprint density at radius 2 is 1.96 bits per heavy atom. The van der Waals surface area contributed by atoms with E-state index < -0.39 is 11.9 Å². The summed E-state index contributed by atoms with van der Waals surface area (Å²) in [6, 6.07) is 14.1. The SMILES string of the molecule is O=C(COC(=O)c1c[nH]c2ccccc12)Nc1cccc(Cl)c1. The second-order valence-electron chi connectivity index (χ2n) is 4.88. The minimum absolute atomic E-state index is 0.370. The molecule has 23 heavy (non-hydrogen) atoms. The van der Waals surface area contributed by atoms with Crippen molar-refractivity contribution in [2.75, 3.05) is 11.9 Å². The van der Waals surface area contributed by atoms with Gasteiger partial charge in [0.2, 0.25) is 0 Å². The van der Waals surface area contributed by atoms with E-state index in [0.717, 1.165) is 10.9 Å². The molecular weight excluding hydrogens is 316 g/mol. The number of anilines is 1. The van der Waals surface area contributed by atoms with Gasteiger partial charge in [-0.1, -0.05) is 35.9 Å². The van der Waals surface area contributed by atoms with E-state index in [2.05, 4.69) is 10.3 Å². The molecule has 116 valence electrons. The minimum atomic E-state index is -0.552. The van der Waals surface area contributed by atoms with Crippen LogP contribution >= 0.6 is 11.6 Å². The molecule has 0 unspecified atom stereocenters. The summed E-state index contributed by atoms with van der Waals surface area (Å²) in [5.41, 5.74) is 1.78. The lowest BCUT2D eigenvalue weighted by Crippen LogP contribution is -2.20. The molecule has 0 fully saturated rings. The van der Waals surface area contributed by atoms with E-state index in [1.807, 2.05) is 24.3 Å². The van der Waals surface area contributed by atoms with Gasteiger partial charge in [0.05, 0.1) is 5.56 Å². The lowest BCUT2D eigenvalue weighted by atomic mass is 10.2. The average molecular weight is 329 g/mol. The van der Waals surface area contributed by atoms with Crippen LogP contribution in [0, 0.1) is 0 Å². The normalized spacial score (nSPS) is 10.5. The quantitative estimate of drug-likeness (QED) is 0.719. The Hall–Kier alpha value is -2.79. The number of ether oxygens (including phenoxy) is 1. The highest BCUT2D eigenvalue weighted by Crippen LogP contribution is 2.18. The number of fused-ring (bicyclic) bond motifs is 1. The number of carbonyl (C=O) groups is 2. The molecule has 2 N–H and O–H groups in total. The fraction of sp³-hybridized carbons (Fsp3) is 0.0588. The van der Waals surface area contributed by atoms with Gasteiger partial charge in [0.25, 0.3) is 5.91 Å². The Balaban J connectivity index is 1.61. The van der Waals surface area contributed by atoms with Crippen molar-refractivity contribution in [3.63, 3.8) is 0 Å². The van der Waals surface area contributed by atoms with Gasteiger partial charge in [-0.25, -0.2) is 4.79 Å². The zero-order chi connectivity index (χ0) is 16.2. The molecule has 1 heterocycles. The maximum atomic E-state index is 12.1. The molecule has 3 aromatic rings. The molecule has 0 aliphatic carbocycles. The molecule has 1 amide bonds. The lowest BCUT2D eigenvalue weighted by molar-refractivity contribution is -0.119. The Kier molecular flexibility index (Phi) is 4.30. The van der Waals surface area contributed by atoms with Crippen LogP contribution in [-0.2, 0) is 9.53 Å². The highest BCUT2D eigenvalue weighted by Gasteiger charge is 2.14. The summed E-state index contributed by atoms with van der Waals surface area (Å²) in [5, 5.41) is 3.88. The predicted octanol–water partition coefficient (Wildman–Crippen LogP) is 3.62. The van der Waals surface area contributed by atoms with Crippen LogP contribution in [0.5, 0.6) is 0 Å². The summed E-state index contributed by atoms with van der Waals surface area (Å²) in [6.45, 7) is -0.370. The van der Waals surface area contributed by atoms with Crippen LogP contribution in [0.4, 0.5) is 5.69 Å². The van der Waals surface area contributed by atoms with Crippen molar-refractivity contribution in [1.29, 1.82) is 0 Å². The zero-order valence-corrected chi connectivity index (χ0v) is 12.8. The van der Waals surface area contributed by atoms with Gasteiger partial charge in [-0.15, -0.1) is 0 Å². The van der Waals surface area contributed by atoms with Crippen molar-refractivity contribution < 1.29 is 14.3 Å². The van der Waals surface area contributed by atoms with Crippen molar-refractivity contribution in [3.05, 3.63) is 65.3 Å². The molecule has 5 nitrogen and oxygen atoms in total. The number of nitrogens with one attached hydrogen (secondary N) is 2. The van der Waals surface area contributed by atoms with Gasteiger partial charge >= 0.3 is 5.97 Å². The molecule has 0 atom stereocenters. The van der Waals surface area contributed by atoms with Crippen molar-refractivity contribution in [2.24, 2.45) is 0 Å². The number of benzene rings is 2. The number of aromatic nitrogens is 1. The maximum Gasteiger partial charge on any atom is 0.340 e. The third-order valence-electron chi connectivity index (χ3n) is 3.25. The first-order valence-corrected chi connectivity index (χ1v) is 7.30. The number of hydrogen-bond donors (Lipinski definition) is 2. The number of carbonyl (C=O) groups excluding carboxylic acids is 2. The number of H-pyrrole nitrogens is 1. The monoisotopic (exact) mass is 328 g/mol. The predicted molar refractivity (Wildman–Crippen MR) is 88.7 cm³/mol. The summed E-state index contributed by atoms with van der Waals surface area (Å²) in [7, 11) is 0. The Labute approximate surface area is 137 Å². The number of hydrogen-bond acceptors (Lipinski definition) is 3. The zero-order valence-electron chi connectivity index (χ0n) is 12.0. The number of halogens is 1. The molecule has 0 bridgehead atoms. The second kappa shape index (κ2) is 6.54. The van der Waals surface area contributed by atoms with Crippen LogP contribution in [0.15, 0.2) is 54.7 Å². The molecule has 0 aliphatic heterocycles. The highest BCUT2D eigenvalue weighted by atomic mass is 35.5. The summed E-state index contributed by atoms with van der Waals surface area (Å²) in [5.74, 6) is -0.982. The van der Waals surface area contributed by atoms with E-state index >= 15 is 0 Å². The first-order chi connectivity index (χ1) is 11.1. The van der Waals surface area contributed by atoms with E-state index in [4.69, 9.17) is 16.3 Å². The van der Waals surface area contributed by atoms with E-state index in [1.54, 1.807) is 30.5 Å². The number of para-hydroxylation sites is 1. The van der Waals surface area contributed by atoms with Gasteiger partial charge < -0.3 is 15.0 Å². The summed E-state index contributed by atoms with van der Waals surface area (Å²) >= 11 is 5.84. The van der Waals surface area contributed by atoms with Crippen LogP contribution in [-0.4, -0.2) is 23.5 Å². The molecule has 6 heteroatoms. The first kappa shape index (κ1) is 15.1. The van der Waals surface area contributed by atoms with Gasteiger partial charge in [-0.05, 0) is 24.3 Å². The number of rotatable bonds is 4. The Morgan fingerprint density at radius 1 is 1.13 bits per heavy atom. The molecule has 0 saturated carbocycles. The van der Waals surface area contributed by atoms with Gasteiger partial charge in [0, 0.05) is 27.8 Å². The molecule has 0 saturated heterocycles. The second-order valence-corrected chi connectivity index (χ2v) is 5.32. The molecular formula is C17H13ClN2O3. The molecule has 2 aromatic carbocycles. The van der Waals surface area contributed by atoms with Crippen LogP contribution in [0.2, 0.25) is 5.02 Å².